The fraction of sp³-hybridized carbons (Fsp3) is 1.00. The molecule has 0 radical (unpaired) electrons. The predicted molar refractivity (Wildman–Crippen MR) is 91.1 cm³/mol. The van der Waals surface area contributed by atoms with E-state index in [2.05, 4.69) is 53.8 Å². The topological polar surface area (TPSA) is 12.0 Å². The van der Waals surface area contributed by atoms with Gasteiger partial charge in [-0.1, -0.05) is 54.9 Å². The van der Waals surface area contributed by atoms with E-state index < -0.39 is 0 Å². The Hall–Kier alpha value is -0.0400. The van der Waals surface area contributed by atoms with Crippen LogP contribution >= 0.6 is 0 Å². The minimum atomic E-state index is 0.494. The molecule has 0 aliphatic heterocycles. The van der Waals surface area contributed by atoms with Crippen LogP contribution in [0.4, 0.5) is 0 Å². The van der Waals surface area contributed by atoms with Gasteiger partial charge in [-0.15, -0.1) is 0 Å². The number of nitrogens with one attached hydrogen (secondary N) is 1. The van der Waals surface area contributed by atoms with Crippen molar-refractivity contribution in [1.82, 2.24) is 5.32 Å². The quantitative estimate of drug-likeness (QED) is 0.664. The normalized spacial score (nSPS) is 29.7. The van der Waals surface area contributed by atoms with E-state index in [0.717, 1.165) is 11.8 Å². The Kier molecular flexibility index (Phi) is 6.57. The van der Waals surface area contributed by atoms with Gasteiger partial charge in [0.15, 0.2) is 0 Å². The van der Waals surface area contributed by atoms with Crippen LogP contribution in [-0.2, 0) is 0 Å². The van der Waals surface area contributed by atoms with Crippen molar-refractivity contribution in [2.45, 2.75) is 93.0 Å². The Morgan fingerprint density at radius 2 is 1.65 bits per heavy atom. The summed E-state index contributed by atoms with van der Waals surface area (Å²) < 4.78 is 0. The zero-order valence-electron chi connectivity index (χ0n) is 15.2. The summed E-state index contributed by atoms with van der Waals surface area (Å²) in [6, 6.07) is 0.615. The highest BCUT2D eigenvalue weighted by molar-refractivity contribution is 4.91. The van der Waals surface area contributed by atoms with E-state index in [9.17, 15) is 0 Å². The smallest absolute Gasteiger partial charge is 0.00106 e. The molecule has 1 aliphatic carbocycles. The Labute approximate surface area is 128 Å². The lowest BCUT2D eigenvalue weighted by Crippen LogP contribution is -2.42. The third kappa shape index (κ3) is 5.39. The van der Waals surface area contributed by atoms with Gasteiger partial charge >= 0.3 is 0 Å². The molecule has 1 atom stereocenters. The molecule has 0 amide bonds. The van der Waals surface area contributed by atoms with Gasteiger partial charge in [0.25, 0.3) is 0 Å². The Balaban J connectivity index is 2.66. The lowest BCUT2D eigenvalue weighted by molar-refractivity contribution is 0.0662. The molecule has 1 nitrogen and oxygen atoms in total. The second-order valence-electron chi connectivity index (χ2n) is 8.89. The summed E-state index contributed by atoms with van der Waals surface area (Å²) in [4.78, 5) is 0. The number of hydrogen-bond donors (Lipinski definition) is 1. The molecule has 1 heteroatoms. The van der Waals surface area contributed by atoms with Gasteiger partial charge in [-0.3, -0.25) is 0 Å². The SMILES string of the molecule is CCC(C)CC1(CNC(C)C)CCC(C(C)(C)C)CC1. The van der Waals surface area contributed by atoms with E-state index in [4.69, 9.17) is 0 Å². The first-order chi connectivity index (χ1) is 9.18. The first-order valence-electron chi connectivity index (χ1n) is 8.92. The molecule has 1 rings (SSSR count). The van der Waals surface area contributed by atoms with Gasteiger partial charge < -0.3 is 5.32 Å². The Bertz CT molecular complexity index is 266. The zero-order valence-corrected chi connectivity index (χ0v) is 15.2. The van der Waals surface area contributed by atoms with Crippen LogP contribution in [0.3, 0.4) is 0 Å². The van der Waals surface area contributed by atoms with E-state index >= 15 is 0 Å². The van der Waals surface area contributed by atoms with Crippen molar-refractivity contribution >= 4 is 0 Å². The van der Waals surface area contributed by atoms with Gasteiger partial charge in [-0.25, -0.2) is 0 Å². The molecule has 120 valence electrons. The summed E-state index contributed by atoms with van der Waals surface area (Å²) in [5.74, 6) is 1.79. The van der Waals surface area contributed by atoms with Crippen LogP contribution in [0.1, 0.15) is 87.0 Å². The fourth-order valence-electron chi connectivity index (χ4n) is 3.85. The molecule has 0 aromatic carbocycles. The highest BCUT2D eigenvalue weighted by atomic mass is 14.9. The monoisotopic (exact) mass is 281 g/mol. The minimum absolute atomic E-state index is 0.494. The maximum Gasteiger partial charge on any atom is 0.00106 e. The van der Waals surface area contributed by atoms with Crippen molar-refractivity contribution in [1.29, 1.82) is 0 Å². The molecule has 1 N–H and O–H groups in total. The van der Waals surface area contributed by atoms with E-state index in [1.165, 1.54) is 45.1 Å². The largest absolute Gasteiger partial charge is 0.314 e. The van der Waals surface area contributed by atoms with Crippen LogP contribution in [0.25, 0.3) is 0 Å². The second-order valence-corrected chi connectivity index (χ2v) is 8.89. The minimum Gasteiger partial charge on any atom is -0.314 e. The van der Waals surface area contributed by atoms with Crippen LogP contribution in [-0.4, -0.2) is 12.6 Å². The predicted octanol–water partition coefficient (Wildman–Crippen LogP) is 5.64. The summed E-state index contributed by atoms with van der Waals surface area (Å²) >= 11 is 0. The maximum absolute atomic E-state index is 3.74. The van der Waals surface area contributed by atoms with Crippen molar-refractivity contribution < 1.29 is 0 Å². The van der Waals surface area contributed by atoms with Gasteiger partial charge in [0, 0.05) is 12.6 Å². The van der Waals surface area contributed by atoms with Crippen molar-refractivity contribution in [2.75, 3.05) is 6.54 Å². The first kappa shape index (κ1) is 18.0. The third-order valence-electron chi connectivity index (χ3n) is 5.63. The molecule has 1 fully saturated rings. The molecular formula is C19H39N. The van der Waals surface area contributed by atoms with Gasteiger partial charge in [0.1, 0.15) is 0 Å². The highest BCUT2D eigenvalue weighted by Gasteiger charge is 2.39. The lowest BCUT2D eigenvalue weighted by Gasteiger charge is -2.46. The van der Waals surface area contributed by atoms with Crippen LogP contribution in [0.15, 0.2) is 0 Å². The zero-order chi connectivity index (χ0) is 15.4. The third-order valence-corrected chi connectivity index (χ3v) is 5.63. The molecule has 0 bridgehead atoms. The van der Waals surface area contributed by atoms with Crippen molar-refractivity contribution in [3.8, 4) is 0 Å². The second kappa shape index (κ2) is 7.29. The first-order valence-corrected chi connectivity index (χ1v) is 8.92. The van der Waals surface area contributed by atoms with Crippen molar-refractivity contribution in [2.24, 2.45) is 22.7 Å². The standard InChI is InChI=1S/C19H39N/c1-8-16(4)13-19(14-20-15(2)3)11-9-17(10-12-19)18(5,6)7/h15-17,20H,8-14H2,1-7H3. The van der Waals surface area contributed by atoms with E-state index in [-0.39, 0.29) is 0 Å². The average molecular weight is 282 g/mol. The van der Waals surface area contributed by atoms with Crippen LogP contribution in [0.2, 0.25) is 0 Å². The molecule has 0 aromatic rings. The molecule has 0 aromatic heterocycles. The molecule has 1 saturated carbocycles. The summed E-state index contributed by atoms with van der Waals surface area (Å²) in [5.41, 5.74) is 1.06. The Morgan fingerprint density at radius 3 is 2.05 bits per heavy atom. The lowest BCUT2D eigenvalue weighted by atomic mass is 9.61. The number of hydrogen-bond acceptors (Lipinski definition) is 1. The van der Waals surface area contributed by atoms with E-state index in [0.29, 0.717) is 16.9 Å². The van der Waals surface area contributed by atoms with Crippen LogP contribution < -0.4 is 5.32 Å². The molecular weight excluding hydrogens is 242 g/mol. The molecule has 0 spiro atoms. The van der Waals surface area contributed by atoms with Gasteiger partial charge in [-0.05, 0) is 54.8 Å². The summed E-state index contributed by atoms with van der Waals surface area (Å²) in [5, 5.41) is 3.74. The van der Waals surface area contributed by atoms with E-state index in [1.54, 1.807) is 0 Å². The van der Waals surface area contributed by atoms with Crippen LogP contribution in [0.5, 0.6) is 0 Å². The molecule has 1 aliphatic rings. The summed E-state index contributed by atoms with van der Waals surface area (Å²) in [6.45, 7) is 17.8. The maximum atomic E-state index is 3.74. The van der Waals surface area contributed by atoms with Crippen molar-refractivity contribution in [3.63, 3.8) is 0 Å². The molecule has 0 heterocycles. The molecule has 1 unspecified atom stereocenters. The van der Waals surface area contributed by atoms with E-state index in [1.807, 2.05) is 0 Å². The molecule has 0 saturated heterocycles. The number of rotatable bonds is 6. The van der Waals surface area contributed by atoms with Crippen molar-refractivity contribution in [3.05, 3.63) is 0 Å². The van der Waals surface area contributed by atoms with Crippen LogP contribution in [0, 0.1) is 22.7 Å². The van der Waals surface area contributed by atoms with Gasteiger partial charge in [-0.2, -0.15) is 0 Å². The summed E-state index contributed by atoms with van der Waals surface area (Å²) in [6.07, 6.45) is 8.46. The van der Waals surface area contributed by atoms with Gasteiger partial charge in [0.2, 0.25) is 0 Å². The Morgan fingerprint density at radius 1 is 1.10 bits per heavy atom. The molecule has 20 heavy (non-hydrogen) atoms. The van der Waals surface area contributed by atoms with Gasteiger partial charge in [0.05, 0.1) is 0 Å². The fourth-order valence-corrected chi connectivity index (χ4v) is 3.85. The summed E-state index contributed by atoms with van der Waals surface area (Å²) in [7, 11) is 0. The average Bonchev–Trinajstić information content (AvgIpc) is 2.36. The highest BCUT2D eigenvalue weighted by Crippen LogP contribution is 2.48.